The largest absolute Gasteiger partial charge is 0.491 e. The Morgan fingerprint density at radius 2 is 1.69 bits per heavy atom. The van der Waals surface area contributed by atoms with Gasteiger partial charge in [-0.15, -0.1) is 0 Å². The molecule has 0 amide bonds. The van der Waals surface area contributed by atoms with Crippen molar-refractivity contribution in [1.82, 2.24) is 0 Å². The highest BCUT2D eigenvalue weighted by Gasteiger charge is 2.11. The molecular formula is C25H37N3O. The molecule has 0 spiro atoms. The highest BCUT2D eigenvalue weighted by Crippen LogP contribution is 2.32. The second-order valence-corrected chi connectivity index (χ2v) is 7.87. The van der Waals surface area contributed by atoms with E-state index in [4.69, 9.17) is 10.5 Å². The molecule has 4 nitrogen and oxygen atoms in total. The zero-order chi connectivity index (χ0) is 21.1. The lowest BCUT2D eigenvalue weighted by atomic mass is 10.0. The molecular weight excluding hydrogens is 358 g/mol. The monoisotopic (exact) mass is 395 g/mol. The number of nitrogens with two attached hydrogens (primary N) is 1. The van der Waals surface area contributed by atoms with Gasteiger partial charge in [-0.05, 0) is 61.4 Å². The van der Waals surface area contributed by atoms with E-state index in [-0.39, 0.29) is 0 Å². The molecule has 0 bridgehead atoms. The summed E-state index contributed by atoms with van der Waals surface area (Å²) in [5.41, 5.74) is 10.8. The zero-order valence-electron chi connectivity index (χ0n) is 18.6. The van der Waals surface area contributed by atoms with Crippen LogP contribution < -0.4 is 10.5 Å². The summed E-state index contributed by atoms with van der Waals surface area (Å²) in [6, 6.07) is 12.2. The van der Waals surface area contributed by atoms with Crippen LogP contribution in [0.1, 0.15) is 70.4 Å². The molecule has 29 heavy (non-hydrogen) atoms. The van der Waals surface area contributed by atoms with Gasteiger partial charge in [-0.25, -0.2) is 0 Å². The van der Waals surface area contributed by atoms with Crippen LogP contribution in [0.25, 0.3) is 0 Å². The molecule has 4 heteroatoms. The van der Waals surface area contributed by atoms with E-state index in [1.165, 1.54) is 37.7 Å². The molecule has 0 radical (unpaired) electrons. The van der Waals surface area contributed by atoms with E-state index in [0.717, 1.165) is 29.8 Å². The normalized spacial score (nSPS) is 12.4. The summed E-state index contributed by atoms with van der Waals surface area (Å²) in [5.74, 6) is 1.27. The molecule has 2 N–H and O–H groups in total. The molecule has 0 aliphatic carbocycles. The first-order valence-electron chi connectivity index (χ1n) is 11.1. The Kier molecular flexibility index (Phi) is 9.69. The number of nitrogens with zero attached hydrogens (tertiary/aromatic N) is 2. The first-order chi connectivity index (χ1) is 14.1. The highest BCUT2D eigenvalue weighted by atomic mass is 16.5. The predicted molar refractivity (Wildman–Crippen MR) is 124 cm³/mol. The Hall–Kier alpha value is -2.36. The van der Waals surface area contributed by atoms with Crippen molar-refractivity contribution in [2.75, 3.05) is 12.3 Å². The summed E-state index contributed by atoms with van der Waals surface area (Å²) in [6.07, 6.45) is 8.30. The van der Waals surface area contributed by atoms with Gasteiger partial charge in [-0.3, -0.25) is 0 Å². The molecule has 0 aliphatic heterocycles. The van der Waals surface area contributed by atoms with E-state index >= 15 is 0 Å². The summed E-state index contributed by atoms with van der Waals surface area (Å²) in [6.45, 7) is 9.35. The fraction of sp³-hybridized carbons (Fsp3) is 0.520. The third kappa shape index (κ3) is 7.52. The van der Waals surface area contributed by atoms with Crippen LogP contribution in [0.15, 0.2) is 46.6 Å². The summed E-state index contributed by atoms with van der Waals surface area (Å²) in [5, 5.41) is 8.87. The van der Waals surface area contributed by atoms with Crippen LogP contribution in [0, 0.1) is 12.8 Å². The van der Waals surface area contributed by atoms with Crippen molar-refractivity contribution in [3.63, 3.8) is 0 Å². The number of benzene rings is 2. The van der Waals surface area contributed by atoms with Gasteiger partial charge < -0.3 is 10.5 Å². The van der Waals surface area contributed by atoms with Crippen LogP contribution in [0.5, 0.6) is 5.75 Å². The summed E-state index contributed by atoms with van der Waals surface area (Å²) in [4.78, 5) is 0. The van der Waals surface area contributed by atoms with E-state index < -0.39 is 0 Å². The van der Waals surface area contributed by atoms with Crippen LogP contribution >= 0.6 is 0 Å². The fourth-order valence-electron chi connectivity index (χ4n) is 3.26. The summed E-state index contributed by atoms with van der Waals surface area (Å²) in [7, 11) is 0. The van der Waals surface area contributed by atoms with E-state index in [9.17, 15) is 0 Å². The van der Waals surface area contributed by atoms with Crippen molar-refractivity contribution >= 4 is 17.1 Å². The Bertz CT molecular complexity index is 768. The van der Waals surface area contributed by atoms with Gasteiger partial charge in [-0.1, -0.05) is 58.6 Å². The highest BCUT2D eigenvalue weighted by molar-refractivity contribution is 5.63. The smallest absolute Gasteiger partial charge is 0.144 e. The minimum Gasteiger partial charge on any atom is -0.491 e. The van der Waals surface area contributed by atoms with Gasteiger partial charge >= 0.3 is 0 Å². The Labute approximate surface area is 176 Å². The number of rotatable bonds is 12. The third-order valence-corrected chi connectivity index (χ3v) is 5.37. The first-order valence-corrected chi connectivity index (χ1v) is 11.1. The maximum atomic E-state index is 6.18. The lowest BCUT2D eigenvalue weighted by Gasteiger charge is -2.17. The standard InChI is InChI=1S/C25H37N3O/c1-5-8-10-20(7-3)18-29-25-17-24(19(4)16-23(25)26)28-27-22-14-12-21(13-15-22)11-9-6-2/h12-17,20H,5-11,18,26H2,1-4H3/b28-27+. The number of anilines is 1. The maximum Gasteiger partial charge on any atom is 0.144 e. The molecule has 0 aliphatic rings. The van der Waals surface area contributed by atoms with Crippen LogP contribution in [-0.2, 0) is 6.42 Å². The molecule has 158 valence electrons. The van der Waals surface area contributed by atoms with Crippen LogP contribution in [0.3, 0.4) is 0 Å². The van der Waals surface area contributed by atoms with E-state index in [0.29, 0.717) is 24.0 Å². The molecule has 0 saturated carbocycles. The average Bonchev–Trinajstić information content (AvgIpc) is 2.73. The lowest BCUT2D eigenvalue weighted by Crippen LogP contribution is -2.12. The number of nitrogen functional groups attached to an aromatic ring is 1. The van der Waals surface area contributed by atoms with E-state index in [2.05, 4.69) is 43.1 Å². The molecule has 0 aromatic heterocycles. The van der Waals surface area contributed by atoms with Crippen molar-refractivity contribution in [3.8, 4) is 5.75 Å². The van der Waals surface area contributed by atoms with Gasteiger partial charge in [0, 0.05) is 6.07 Å². The van der Waals surface area contributed by atoms with Gasteiger partial charge in [0.05, 0.1) is 23.7 Å². The van der Waals surface area contributed by atoms with Crippen LogP contribution in [0.4, 0.5) is 17.1 Å². The Morgan fingerprint density at radius 3 is 2.34 bits per heavy atom. The van der Waals surface area contributed by atoms with Gasteiger partial charge in [0.2, 0.25) is 0 Å². The van der Waals surface area contributed by atoms with Crippen LogP contribution in [0.2, 0.25) is 0 Å². The molecule has 0 saturated heterocycles. The lowest BCUT2D eigenvalue weighted by molar-refractivity contribution is 0.234. The zero-order valence-corrected chi connectivity index (χ0v) is 18.6. The van der Waals surface area contributed by atoms with Crippen molar-refractivity contribution in [3.05, 3.63) is 47.5 Å². The van der Waals surface area contributed by atoms with Gasteiger partial charge in [0.1, 0.15) is 5.75 Å². The van der Waals surface area contributed by atoms with Crippen LogP contribution in [-0.4, -0.2) is 6.61 Å². The second-order valence-electron chi connectivity index (χ2n) is 7.87. The average molecular weight is 396 g/mol. The molecule has 1 unspecified atom stereocenters. The number of hydrogen-bond acceptors (Lipinski definition) is 4. The maximum absolute atomic E-state index is 6.18. The van der Waals surface area contributed by atoms with Crippen molar-refractivity contribution < 1.29 is 4.74 Å². The minimum absolute atomic E-state index is 0.562. The van der Waals surface area contributed by atoms with Crippen molar-refractivity contribution in [2.24, 2.45) is 16.1 Å². The topological polar surface area (TPSA) is 60.0 Å². The molecule has 0 fully saturated rings. The number of aryl methyl sites for hydroxylation is 2. The quantitative estimate of drug-likeness (QED) is 0.293. The molecule has 1 atom stereocenters. The number of azo groups is 1. The van der Waals surface area contributed by atoms with Crippen molar-refractivity contribution in [1.29, 1.82) is 0 Å². The molecule has 2 aromatic rings. The summed E-state index contributed by atoms with van der Waals surface area (Å²) >= 11 is 0. The van der Waals surface area contributed by atoms with Gasteiger partial charge in [0.15, 0.2) is 0 Å². The minimum atomic E-state index is 0.562. The Morgan fingerprint density at radius 1 is 0.966 bits per heavy atom. The predicted octanol–water partition coefficient (Wildman–Crippen LogP) is 7.93. The molecule has 0 heterocycles. The molecule has 2 rings (SSSR count). The SMILES string of the molecule is CCCCc1ccc(/N=N/c2cc(OCC(CC)CCCC)c(N)cc2C)cc1. The van der Waals surface area contributed by atoms with E-state index in [1.54, 1.807) is 0 Å². The second kappa shape index (κ2) is 12.3. The number of unbranched alkanes of at least 4 members (excludes halogenated alkanes) is 2. The number of ether oxygens (including phenoxy) is 1. The third-order valence-electron chi connectivity index (χ3n) is 5.37. The number of hydrogen-bond donors (Lipinski definition) is 1. The first kappa shape index (κ1) is 22.9. The van der Waals surface area contributed by atoms with Gasteiger partial charge in [-0.2, -0.15) is 10.2 Å². The molecule has 2 aromatic carbocycles. The van der Waals surface area contributed by atoms with Crippen molar-refractivity contribution in [2.45, 2.75) is 72.6 Å². The Balaban J connectivity index is 2.06. The van der Waals surface area contributed by atoms with Gasteiger partial charge in [0.25, 0.3) is 0 Å². The fourth-order valence-corrected chi connectivity index (χ4v) is 3.26. The van der Waals surface area contributed by atoms with E-state index in [1.807, 2.05) is 31.2 Å². The summed E-state index contributed by atoms with van der Waals surface area (Å²) < 4.78 is 6.06.